The Labute approximate surface area is 128 Å². The molecule has 2 amide bonds. The summed E-state index contributed by atoms with van der Waals surface area (Å²) in [5.74, 6) is -0.167. The van der Waals surface area contributed by atoms with E-state index in [9.17, 15) is 9.59 Å². The summed E-state index contributed by atoms with van der Waals surface area (Å²) >= 11 is 0. The molecule has 0 aliphatic rings. The zero-order valence-corrected chi connectivity index (χ0v) is 12.7. The molecule has 6 nitrogen and oxygen atoms in total. The Morgan fingerprint density at radius 3 is 2.59 bits per heavy atom. The number of benzene rings is 1. The van der Waals surface area contributed by atoms with Gasteiger partial charge in [0.1, 0.15) is 17.0 Å². The van der Waals surface area contributed by atoms with E-state index in [2.05, 4.69) is 15.8 Å². The lowest BCUT2D eigenvalue weighted by atomic mass is 10.1. The van der Waals surface area contributed by atoms with Crippen molar-refractivity contribution in [3.05, 3.63) is 41.7 Å². The molecule has 0 unspecified atom stereocenters. The van der Waals surface area contributed by atoms with Gasteiger partial charge >= 0.3 is 0 Å². The van der Waals surface area contributed by atoms with Crippen LogP contribution in [-0.2, 0) is 4.79 Å². The molecule has 2 N–H and O–H groups in total. The number of hydrogen-bond donors (Lipinski definition) is 2. The largest absolute Gasteiger partial charge is 0.360 e. The Balaban J connectivity index is 2.10. The van der Waals surface area contributed by atoms with E-state index in [0.717, 1.165) is 12.0 Å². The van der Waals surface area contributed by atoms with Crippen molar-refractivity contribution in [2.24, 2.45) is 0 Å². The maximum atomic E-state index is 12.3. The van der Waals surface area contributed by atoms with Gasteiger partial charge in [-0.25, -0.2) is 0 Å². The highest BCUT2D eigenvalue weighted by Crippen LogP contribution is 2.24. The van der Waals surface area contributed by atoms with Crippen molar-refractivity contribution in [2.45, 2.75) is 20.3 Å². The van der Waals surface area contributed by atoms with Crippen molar-refractivity contribution in [3.63, 3.8) is 0 Å². The summed E-state index contributed by atoms with van der Waals surface area (Å²) in [5, 5.41) is 9.24. The van der Waals surface area contributed by atoms with E-state index in [1.165, 1.54) is 0 Å². The first-order valence-electron chi connectivity index (χ1n) is 7.20. The smallest absolute Gasteiger partial charge is 0.257 e. The number of carbonyl (C=O) groups excluding carboxylic acids is 2. The molecule has 0 radical (unpaired) electrons. The predicted molar refractivity (Wildman–Crippen MR) is 82.3 cm³/mol. The van der Waals surface area contributed by atoms with Crippen molar-refractivity contribution in [1.82, 2.24) is 15.8 Å². The average Bonchev–Trinajstić information content (AvgIpc) is 2.93. The highest BCUT2D eigenvalue weighted by Gasteiger charge is 2.21. The van der Waals surface area contributed by atoms with Gasteiger partial charge in [0.25, 0.3) is 5.91 Å². The van der Waals surface area contributed by atoms with Crippen molar-refractivity contribution in [1.29, 1.82) is 0 Å². The summed E-state index contributed by atoms with van der Waals surface area (Å²) in [6, 6.07) is 9.30. The molecule has 2 aromatic rings. The summed E-state index contributed by atoms with van der Waals surface area (Å²) in [6.07, 6.45) is 0.850. The Hall–Kier alpha value is -2.63. The van der Waals surface area contributed by atoms with Crippen molar-refractivity contribution in [3.8, 4) is 11.3 Å². The van der Waals surface area contributed by atoms with E-state index in [0.29, 0.717) is 23.6 Å². The molecule has 0 bridgehead atoms. The van der Waals surface area contributed by atoms with E-state index in [4.69, 9.17) is 4.52 Å². The van der Waals surface area contributed by atoms with E-state index in [-0.39, 0.29) is 18.4 Å². The number of hydrogen-bond acceptors (Lipinski definition) is 4. The third-order valence-electron chi connectivity index (χ3n) is 3.12. The molecular weight excluding hydrogens is 282 g/mol. The molecule has 1 aromatic heterocycles. The Kier molecular flexibility index (Phi) is 5.30. The van der Waals surface area contributed by atoms with Gasteiger partial charge in [0.05, 0.1) is 6.54 Å². The second-order valence-electron chi connectivity index (χ2n) is 4.86. The number of aryl methyl sites for hydroxylation is 1. The minimum Gasteiger partial charge on any atom is -0.360 e. The van der Waals surface area contributed by atoms with Crippen LogP contribution in [0, 0.1) is 6.92 Å². The van der Waals surface area contributed by atoms with Crippen LogP contribution < -0.4 is 10.6 Å². The second-order valence-corrected chi connectivity index (χ2v) is 4.86. The number of nitrogens with zero attached hydrogens (tertiary/aromatic N) is 1. The maximum Gasteiger partial charge on any atom is 0.257 e. The van der Waals surface area contributed by atoms with Crippen LogP contribution in [0.3, 0.4) is 0 Å². The molecule has 0 saturated carbocycles. The molecule has 0 atom stereocenters. The molecule has 6 heteroatoms. The van der Waals surface area contributed by atoms with Crippen LogP contribution in [0.2, 0.25) is 0 Å². The third-order valence-corrected chi connectivity index (χ3v) is 3.12. The highest BCUT2D eigenvalue weighted by atomic mass is 16.5. The van der Waals surface area contributed by atoms with E-state index in [1.807, 2.05) is 37.3 Å². The Bertz CT molecular complexity index is 650. The normalized spacial score (nSPS) is 10.3. The molecule has 116 valence electrons. The zero-order chi connectivity index (χ0) is 15.9. The van der Waals surface area contributed by atoms with Crippen LogP contribution in [0.4, 0.5) is 0 Å². The first-order chi connectivity index (χ1) is 10.6. The summed E-state index contributed by atoms with van der Waals surface area (Å²) in [6.45, 7) is 4.16. The summed E-state index contributed by atoms with van der Waals surface area (Å²) in [7, 11) is 0. The molecule has 0 spiro atoms. The molecule has 0 aliphatic carbocycles. The fraction of sp³-hybridized carbons (Fsp3) is 0.312. The number of nitrogens with one attached hydrogen (secondary N) is 2. The van der Waals surface area contributed by atoms with E-state index < -0.39 is 0 Å². The van der Waals surface area contributed by atoms with Gasteiger partial charge in [-0.15, -0.1) is 0 Å². The topological polar surface area (TPSA) is 84.2 Å². The molecule has 0 saturated heterocycles. The van der Waals surface area contributed by atoms with Gasteiger partial charge in [-0.3, -0.25) is 9.59 Å². The lowest BCUT2D eigenvalue weighted by molar-refractivity contribution is -0.120. The van der Waals surface area contributed by atoms with Crippen molar-refractivity contribution >= 4 is 11.8 Å². The SMILES string of the molecule is CCCNC(=O)CNC(=O)c1c(-c2ccccc2)noc1C. The highest BCUT2D eigenvalue weighted by molar-refractivity contribution is 6.02. The van der Waals surface area contributed by atoms with Gasteiger partial charge in [-0.1, -0.05) is 42.4 Å². The number of aromatic nitrogens is 1. The maximum absolute atomic E-state index is 12.3. The van der Waals surface area contributed by atoms with Crippen LogP contribution in [0.5, 0.6) is 0 Å². The van der Waals surface area contributed by atoms with Gasteiger partial charge < -0.3 is 15.2 Å². The molecule has 0 aliphatic heterocycles. The first-order valence-corrected chi connectivity index (χ1v) is 7.20. The molecule has 0 fully saturated rings. The quantitative estimate of drug-likeness (QED) is 0.853. The van der Waals surface area contributed by atoms with Crippen LogP contribution in [0.25, 0.3) is 11.3 Å². The summed E-state index contributed by atoms with van der Waals surface area (Å²) in [4.78, 5) is 23.9. The Morgan fingerprint density at radius 2 is 1.91 bits per heavy atom. The lowest BCUT2D eigenvalue weighted by Gasteiger charge is -2.06. The van der Waals surface area contributed by atoms with Gasteiger partial charge in [0.15, 0.2) is 0 Å². The standard InChI is InChI=1S/C16H19N3O3/c1-3-9-17-13(20)10-18-16(21)14-11(2)22-19-15(14)12-7-5-4-6-8-12/h4-8H,3,9-10H2,1-2H3,(H,17,20)(H,18,21). The molecular formula is C16H19N3O3. The monoisotopic (exact) mass is 301 g/mol. The fourth-order valence-electron chi connectivity index (χ4n) is 2.01. The summed E-state index contributed by atoms with van der Waals surface area (Å²) in [5.41, 5.74) is 1.62. The van der Waals surface area contributed by atoms with Gasteiger partial charge in [-0.2, -0.15) is 0 Å². The summed E-state index contributed by atoms with van der Waals surface area (Å²) < 4.78 is 5.13. The second kappa shape index (κ2) is 7.40. The Morgan fingerprint density at radius 1 is 1.18 bits per heavy atom. The lowest BCUT2D eigenvalue weighted by Crippen LogP contribution is -2.37. The molecule has 1 aromatic carbocycles. The molecule has 1 heterocycles. The zero-order valence-electron chi connectivity index (χ0n) is 12.7. The number of carbonyl (C=O) groups is 2. The van der Waals surface area contributed by atoms with Crippen LogP contribution in [-0.4, -0.2) is 30.1 Å². The fourth-order valence-corrected chi connectivity index (χ4v) is 2.01. The molecule has 2 rings (SSSR count). The van der Waals surface area contributed by atoms with Gasteiger partial charge in [0.2, 0.25) is 5.91 Å². The van der Waals surface area contributed by atoms with Crippen molar-refractivity contribution in [2.75, 3.05) is 13.1 Å². The predicted octanol–water partition coefficient (Wildman–Crippen LogP) is 1.91. The first kappa shape index (κ1) is 15.8. The van der Waals surface area contributed by atoms with Gasteiger partial charge in [-0.05, 0) is 13.3 Å². The number of rotatable bonds is 6. The molecule has 22 heavy (non-hydrogen) atoms. The van der Waals surface area contributed by atoms with Gasteiger partial charge in [0, 0.05) is 12.1 Å². The minimum absolute atomic E-state index is 0.0717. The van der Waals surface area contributed by atoms with E-state index in [1.54, 1.807) is 6.92 Å². The number of amides is 2. The average molecular weight is 301 g/mol. The third kappa shape index (κ3) is 3.72. The van der Waals surface area contributed by atoms with E-state index >= 15 is 0 Å². The van der Waals surface area contributed by atoms with Crippen LogP contribution >= 0.6 is 0 Å². The minimum atomic E-state index is -0.371. The van der Waals surface area contributed by atoms with Crippen LogP contribution in [0.1, 0.15) is 29.5 Å². The van der Waals surface area contributed by atoms with Crippen molar-refractivity contribution < 1.29 is 14.1 Å². The van der Waals surface area contributed by atoms with Crippen LogP contribution in [0.15, 0.2) is 34.9 Å².